The summed E-state index contributed by atoms with van der Waals surface area (Å²) in [5.41, 5.74) is 2.48. The molecule has 2 rings (SSSR count). The summed E-state index contributed by atoms with van der Waals surface area (Å²) in [7, 11) is 0. The number of rotatable bonds is 6. The predicted octanol–water partition coefficient (Wildman–Crippen LogP) is 5.76. The van der Waals surface area contributed by atoms with E-state index in [9.17, 15) is 0 Å². The first kappa shape index (κ1) is 16.0. The van der Waals surface area contributed by atoms with E-state index >= 15 is 0 Å². The Balaban J connectivity index is 2.24. The zero-order chi connectivity index (χ0) is 14.5. The number of benzene rings is 1. The molecule has 0 aliphatic heterocycles. The van der Waals surface area contributed by atoms with Gasteiger partial charge in [0.25, 0.3) is 0 Å². The van der Waals surface area contributed by atoms with Crippen molar-refractivity contribution in [1.29, 1.82) is 0 Å². The van der Waals surface area contributed by atoms with Crippen LogP contribution in [0.5, 0.6) is 0 Å². The molecule has 20 heavy (non-hydrogen) atoms. The monoisotopic (exact) mass is 371 g/mol. The molecule has 1 aromatic heterocycles. The molecule has 4 heteroatoms. The van der Waals surface area contributed by atoms with Crippen molar-refractivity contribution in [2.45, 2.75) is 32.7 Å². The summed E-state index contributed by atoms with van der Waals surface area (Å²) in [6, 6.07) is 8.66. The van der Waals surface area contributed by atoms with Crippen LogP contribution in [-0.4, -0.2) is 6.54 Å². The van der Waals surface area contributed by atoms with Crippen LogP contribution >= 0.6 is 38.9 Å². The Morgan fingerprint density at radius 1 is 1.35 bits per heavy atom. The van der Waals surface area contributed by atoms with E-state index in [0.717, 1.165) is 28.9 Å². The third-order valence-corrected chi connectivity index (χ3v) is 5.87. The van der Waals surface area contributed by atoms with Crippen LogP contribution in [0.15, 0.2) is 34.1 Å². The highest BCUT2D eigenvalue weighted by atomic mass is 79.9. The second kappa shape index (κ2) is 7.60. The lowest BCUT2D eigenvalue weighted by molar-refractivity contribution is 0.536. The first-order valence-corrected chi connectivity index (χ1v) is 8.88. The van der Waals surface area contributed by atoms with Crippen LogP contribution in [0.25, 0.3) is 0 Å². The fourth-order valence-corrected chi connectivity index (χ4v) is 3.99. The van der Waals surface area contributed by atoms with Gasteiger partial charge in [0.1, 0.15) is 0 Å². The molecule has 1 N–H and O–H groups in total. The Hall–Kier alpha value is -0.350. The lowest BCUT2D eigenvalue weighted by Gasteiger charge is -2.19. The average molecular weight is 373 g/mol. The number of halogens is 2. The van der Waals surface area contributed by atoms with Crippen molar-refractivity contribution in [2.75, 3.05) is 6.54 Å². The molecule has 0 saturated heterocycles. The quantitative estimate of drug-likeness (QED) is 0.680. The maximum absolute atomic E-state index is 6.45. The van der Waals surface area contributed by atoms with Crippen LogP contribution in [0.4, 0.5) is 0 Å². The standard InChI is InChI=1S/C16H19BrClNS/c1-3-8-19-14(16-15(18)11(2)10-20-16)9-12-6-4-5-7-13(12)17/h4-7,10,14,19H,3,8-9H2,1-2H3. The van der Waals surface area contributed by atoms with Gasteiger partial charge >= 0.3 is 0 Å². The number of nitrogens with one attached hydrogen (secondary N) is 1. The summed E-state index contributed by atoms with van der Waals surface area (Å²) < 4.78 is 1.16. The highest BCUT2D eigenvalue weighted by Gasteiger charge is 2.18. The summed E-state index contributed by atoms with van der Waals surface area (Å²) in [6.45, 7) is 5.25. The van der Waals surface area contributed by atoms with E-state index in [1.165, 1.54) is 16.0 Å². The van der Waals surface area contributed by atoms with Crippen LogP contribution in [-0.2, 0) is 6.42 Å². The summed E-state index contributed by atoms with van der Waals surface area (Å²) in [6.07, 6.45) is 2.07. The topological polar surface area (TPSA) is 12.0 Å². The highest BCUT2D eigenvalue weighted by Crippen LogP contribution is 2.35. The number of thiophene rings is 1. The Morgan fingerprint density at radius 3 is 2.70 bits per heavy atom. The molecule has 1 aromatic carbocycles. The van der Waals surface area contributed by atoms with Gasteiger partial charge < -0.3 is 5.32 Å². The number of aryl methyl sites for hydroxylation is 1. The van der Waals surface area contributed by atoms with Crippen LogP contribution in [0, 0.1) is 6.92 Å². The molecular weight excluding hydrogens is 354 g/mol. The van der Waals surface area contributed by atoms with Gasteiger partial charge in [0.05, 0.1) is 5.02 Å². The van der Waals surface area contributed by atoms with Crippen molar-refractivity contribution < 1.29 is 0 Å². The third kappa shape index (κ3) is 3.85. The Kier molecular flexibility index (Phi) is 6.09. The first-order chi connectivity index (χ1) is 9.63. The summed E-state index contributed by atoms with van der Waals surface area (Å²) in [4.78, 5) is 1.24. The average Bonchev–Trinajstić information content (AvgIpc) is 2.77. The normalized spacial score (nSPS) is 12.6. The van der Waals surface area contributed by atoms with Gasteiger partial charge in [-0.3, -0.25) is 0 Å². The summed E-state index contributed by atoms with van der Waals surface area (Å²) in [5.74, 6) is 0. The Bertz CT molecular complexity index is 567. The van der Waals surface area contributed by atoms with Crippen LogP contribution < -0.4 is 5.32 Å². The largest absolute Gasteiger partial charge is 0.309 e. The van der Waals surface area contributed by atoms with E-state index in [2.05, 4.69) is 58.7 Å². The Morgan fingerprint density at radius 2 is 2.10 bits per heavy atom. The van der Waals surface area contributed by atoms with Crippen LogP contribution in [0.3, 0.4) is 0 Å². The van der Waals surface area contributed by atoms with Gasteiger partial charge in [-0.2, -0.15) is 0 Å². The summed E-state index contributed by atoms with van der Waals surface area (Å²) in [5, 5.41) is 6.67. The third-order valence-electron chi connectivity index (χ3n) is 3.26. The number of hydrogen-bond donors (Lipinski definition) is 1. The summed E-state index contributed by atoms with van der Waals surface area (Å²) >= 11 is 11.8. The zero-order valence-electron chi connectivity index (χ0n) is 11.7. The van der Waals surface area contributed by atoms with E-state index in [0.29, 0.717) is 0 Å². The van der Waals surface area contributed by atoms with Gasteiger partial charge in [0, 0.05) is 15.4 Å². The van der Waals surface area contributed by atoms with E-state index in [4.69, 9.17) is 11.6 Å². The minimum Gasteiger partial charge on any atom is -0.309 e. The lowest BCUT2D eigenvalue weighted by Crippen LogP contribution is -2.23. The van der Waals surface area contributed by atoms with Gasteiger partial charge in [0.2, 0.25) is 0 Å². The molecule has 1 atom stereocenters. The molecule has 1 unspecified atom stereocenters. The molecule has 0 saturated carbocycles. The minimum absolute atomic E-state index is 0.278. The molecule has 1 nitrogen and oxygen atoms in total. The molecule has 0 fully saturated rings. The van der Waals surface area contributed by atoms with E-state index in [-0.39, 0.29) is 6.04 Å². The van der Waals surface area contributed by atoms with E-state index < -0.39 is 0 Å². The van der Waals surface area contributed by atoms with Crippen molar-refractivity contribution in [2.24, 2.45) is 0 Å². The molecule has 0 radical (unpaired) electrons. The predicted molar refractivity (Wildman–Crippen MR) is 92.9 cm³/mol. The van der Waals surface area contributed by atoms with Gasteiger partial charge in [-0.05, 0) is 48.9 Å². The number of hydrogen-bond acceptors (Lipinski definition) is 2. The maximum Gasteiger partial charge on any atom is 0.0590 e. The lowest BCUT2D eigenvalue weighted by atomic mass is 10.0. The fraction of sp³-hybridized carbons (Fsp3) is 0.375. The molecule has 0 aliphatic rings. The molecule has 2 aromatic rings. The van der Waals surface area contributed by atoms with Crippen LogP contribution in [0.1, 0.15) is 35.4 Å². The van der Waals surface area contributed by atoms with Gasteiger partial charge in [-0.1, -0.05) is 52.7 Å². The van der Waals surface area contributed by atoms with Gasteiger partial charge in [-0.15, -0.1) is 11.3 Å². The second-order valence-electron chi connectivity index (χ2n) is 4.90. The molecule has 1 heterocycles. The second-order valence-corrected chi connectivity index (χ2v) is 7.04. The molecule has 108 valence electrons. The fourth-order valence-electron chi connectivity index (χ4n) is 2.14. The molecule has 0 aliphatic carbocycles. The van der Waals surface area contributed by atoms with Crippen molar-refractivity contribution in [3.05, 3.63) is 55.1 Å². The maximum atomic E-state index is 6.45. The van der Waals surface area contributed by atoms with E-state index in [1.807, 2.05) is 6.07 Å². The first-order valence-electron chi connectivity index (χ1n) is 6.83. The molecule has 0 spiro atoms. The van der Waals surface area contributed by atoms with Crippen molar-refractivity contribution in [3.8, 4) is 0 Å². The molecule has 0 bridgehead atoms. The minimum atomic E-state index is 0.278. The van der Waals surface area contributed by atoms with Crippen molar-refractivity contribution >= 4 is 38.9 Å². The van der Waals surface area contributed by atoms with Gasteiger partial charge in [0.15, 0.2) is 0 Å². The van der Waals surface area contributed by atoms with E-state index in [1.54, 1.807) is 11.3 Å². The van der Waals surface area contributed by atoms with Crippen molar-refractivity contribution in [3.63, 3.8) is 0 Å². The molecule has 0 amide bonds. The van der Waals surface area contributed by atoms with Crippen molar-refractivity contribution in [1.82, 2.24) is 5.32 Å². The molecular formula is C16H19BrClNS. The smallest absolute Gasteiger partial charge is 0.0590 e. The zero-order valence-corrected chi connectivity index (χ0v) is 14.9. The Labute approximate surface area is 138 Å². The van der Waals surface area contributed by atoms with Crippen LogP contribution in [0.2, 0.25) is 5.02 Å². The SMILES string of the molecule is CCCNC(Cc1ccccc1Br)c1scc(C)c1Cl. The van der Waals surface area contributed by atoms with Gasteiger partial charge in [-0.25, -0.2) is 0 Å². The highest BCUT2D eigenvalue weighted by molar-refractivity contribution is 9.10.